The third kappa shape index (κ3) is 3.35. The topological polar surface area (TPSA) is 85.8 Å². The maximum absolute atomic E-state index is 9.11. The van der Waals surface area contributed by atoms with E-state index in [0.717, 1.165) is 37.9 Å². The summed E-state index contributed by atoms with van der Waals surface area (Å²) < 4.78 is 13.4. The fourth-order valence-electron chi connectivity index (χ4n) is 3.58. The molecule has 3 heterocycles. The first-order valence-corrected chi connectivity index (χ1v) is 10.4. The number of aromatic nitrogens is 4. The van der Waals surface area contributed by atoms with Crippen molar-refractivity contribution >= 4 is 33.1 Å². The molecule has 0 bridgehead atoms. The molecule has 0 saturated heterocycles. The molecule has 0 atom stereocenters. The first-order chi connectivity index (χ1) is 15.2. The lowest BCUT2D eigenvalue weighted by Gasteiger charge is -2.12. The summed E-state index contributed by atoms with van der Waals surface area (Å²) in [7, 11) is 3.51. The van der Waals surface area contributed by atoms with Gasteiger partial charge in [0.05, 0.1) is 46.4 Å². The van der Waals surface area contributed by atoms with Crippen LogP contribution in [0.25, 0.3) is 33.1 Å². The van der Waals surface area contributed by atoms with Crippen LogP contribution < -0.4 is 9.47 Å². The van der Waals surface area contributed by atoms with Gasteiger partial charge in [-0.25, -0.2) is 0 Å². The average molecular weight is 427 g/mol. The molecule has 0 aliphatic rings. The number of hydrogen-bond donors (Lipinski definition) is 0. The number of rotatable bonds is 5. The van der Waals surface area contributed by atoms with Crippen LogP contribution in [0.5, 0.6) is 11.5 Å². The zero-order valence-corrected chi connectivity index (χ0v) is 17.7. The van der Waals surface area contributed by atoms with Crippen LogP contribution in [0.15, 0.2) is 54.3 Å². The highest BCUT2D eigenvalue weighted by atomic mass is 32.1. The third-order valence-corrected chi connectivity index (χ3v) is 5.86. The first-order valence-electron chi connectivity index (χ1n) is 9.52. The molecule has 0 aliphatic heterocycles. The standard InChI is InChI=1S/C23H17N5O2S/c1-28-19-11-26-18-8-20(29-2)21(30-12-16-10-25-13-31-16)7-17(18)22(19)23(27-28)15-5-3-14(9-24)4-6-15/h3-8,10-11,13H,12H2,1-2H3. The minimum Gasteiger partial charge on any atom is -0.493 e. The van der Waals surface area contributed by atoms with Crippen molar-refractivity contribution in [3.8, 4) is 28.8 Å². The van der Waals surface area contributed by atoms with Gasteiger partial charge in [0.15, 0.2) is 11.5 Å². The van der Waals surface area contributed by atoms with Crippen LogP contribution >= 0.6 is 11.3 Å². The molecule has 31 heavy (non-hydrogen) atoms. The molecule has 0 aliphatic carbocycles. The van der Waals surface area contributed by atoms with Crippen molar-refractivity contribution in [3.05, 3.63) is 64.7 Å². The minimum absolute atomic E-state index is 0.408. The molecule has 0 fully saturated rings. The average Bonchev–Trinajstić information content (AvgIpc) is 3.45. The summed E-state index contributed by atoms with van der Waals surface area (Å²) in [4.78, 5) is 9.74. The van der Waals surface area contributed by atoms with Crippen molar-refractivity contribution < 1.29 is 9.47 Å². The maximum atomic E-state index is 9.11. The van der Waals surface area contributed by atoms with Crippen LogP contribution in [0.3, 0.4) is 0 Å². The van der Waals surface area contributed by atoms with Crippen LogP contribution in [-0.4, -0.2) is 26.9 Å². The number of nitriles is 1. The van der Waals surface area contributed by atoms with Crippen LogP contribution in [0.4, 0.5) is 0 Å². The SMILES string of the molecule is COc1cc2ncc3c(c(-c4ccc(C#N)cc4)nn3C)c2cc1OCc1cncs1. The molecule has 0 saturated carbocycles. The number of nitrogens with zero attached hydrogens (tertiary/aromatic N) is 5. The second kappa shape index (κ2) is 7.70. The van der Waals surface area contributed by atoms with E-state index in [1.807, 2.05) is 42.2 Å². The van der Waals surface area contributed by atoms with E-state index in [0.29, 0.717) is 23.7 Å². The molecular weight excluding hydrogens is 410 g/mol. The van der Waals surface area contributed by atoms with Gasteiger partial charge in [-0.1, -0.05) is 12.1 Å². The number of aryl methyl sites for hydroxylation is 1. The van der Waals surface area contributed by atoms with Gasteiger partial charge in [-0.3, -0.25) is 14.6 Å². The smallest absolute Gasteiger partial charge is 0.162 e. The molecule has 2 aromatic carbocycles. The Morgan fingerprint density at radius 2 is 1.97 bits per heavy atom. The van der Waals surface area contributed by atoms with Gasteiger partial charge in [-0.15, -0.1) is 11.3 Å². The Kier molecular flexibility index (Phi) is 4.73. The predicted octanol–water partition coefficient (Wildman–Crippen LogP) is 4.70. The van der Waals surface area contributed by atoms with E-state index in [9.17, 15) is 0 Å². The van der Waals surface area contributed by atoms with E-state index in [1.54, 1.807) is 42.3 Å². The molecule has 7 nitrogen and oxygen atoms in total. The molecule has 152 valence electrons. The van der Waals surface area contributed by atoms with Crippen molar-refractivity contribution in [3.63, 3.8) is 0 Å². The minimum atomic E-state index is 0.408. The summed E-state index contributed by atoms with van der Waals surface area (Å²) in [6.07, 6.45) is 3.61. The van der Waals surface area contributed by atoms with Gasteiger partial charge in [-0.05, 0) is 18.2 Å². The summed E-state index contributed by atoms with van der Waals surface area (Å²) in [5, 5.41) is 15.7. The molecular formula is C23H17N5O2S. The molecule has 0 unspecified atom stereocenters. The van der Waals surface area contributed by atoms with Gasteiger partial charge in [0.25, 0.3) is 0 Å². The Bertz CT molecular complexity index is 1430. The zero-order chi connectivity index (χ0) is 21.4. The molecule has 8 heteroatoms. The highest BCUT2D eigenvalue weighted by Gasteiger charge is 2.17. The van der Waals surface area contributed by atoms with Crippen LogP contribution in [-0.2, 0) is 13.7 Å². The van der Waals surface area contributed by atoms with Crippen molar-refractivity contribution in [1.29, 1.82) is 5.26 Å². The second-order valence-corrected chi connectivity index (χ2v) is 7.93. The lowest BCUT2D eigenvalue weighted by molar-refractivity contribution is 0.288. The number of methoxy groups -OCH3 is 1. The quantitative estimate of drug-likeness (QED) is 0.404. The number of benzene rings is 2. The molecule has 0 radical (unpaired) electrons. The van der Waals surface area contributed by atoms with E-state index in [2.05, 4.69) is 16.0 Å². The Morgan fingerprint density at radius 1 is 1.13 bits per heavy atom. The zero-order valence-electron chi connectivity index (χ0n) is 16.9. The Balaban J connectivity index is 1.70. The molecule has 5 aromatic rings. The largest absolute Gasteiger partial charge is 0.493 e. The molecule has 5 rings (SSSR count). The summed E-state index contributed by atoms with van der Waals surface area (Å²) in [5.74, 6) is 1.25. The number of hydrogen-bond acceptors (Lipinski definition) is 7. The summed E-state index contributed by atoms with van der Waals surface area (Å²) in [6.45, 7) is 0.408. The van der Waals surface area contributed by atoms with Gasteiger partial charge < -0.3 is 9.47 Å². The summed E-state index contributed by atoms with van der Waals surface area (Å²) in [6, 6.07) is 13.4. The van der Waals surface area contributed by atoms with E-state index < -0.39 is 0 Å². The number of pyridine rings is 1. The Hall–Kier alpha value is -3.96. The lowest BCUT2D eigenvalue weighted by atomic mass is 10.0. The van der Waals surface area contributed by atoms with Gasteiger partial charge >= 0.3 is 0 Å². The fourth-order valence-corrected chi connectivity index (χ4v) is 4.08. The highest BCUT2D eigenvalue weighted by molar-refractivity contribution is 7.09. The van der Waals surface area contributed by atoms with Gasteiger partial charge in [0.1, 0.15) is 12.3 Å². The molecule has 3 aromatic heterocycles. The van der Waals surface area contributed by atoms with Gasteiger partial charge in [0.2, 0.25) is 0 Å². The number of ether oxygens (including phenoxy) is 2. The Morgan fingerprint density at radius 3 is 2.68 bits per heavy atom. The molecule has 0 amide bonds. The van der Waals surface area contributed by atoms with Gasteiger partial charge in [0, 0.05) is 35.6 Å². The summed E-state index contributed by atoms with van der Waals surface area (Å²) in [5.41, 5.74) is 5.85. The summed E-state index contributed by atoms with van der Waals surface area (Å²) >= 11 is 1.54. The van der Waals surface area contributed by atoms with Crippen molar-refractivity contribution in [2.75, 3.05) is 7.11 Å². The van der Waals surface area contributed by atoms with Crippen molar-refractivity contribution in [2.24, 2.45) is 7.05 Å². The number of fused-ring (bicyclic) bond motifs is 3. The number of thiazole rings is 1. The third-order valence-electron chi connectivity index (χ3n) is 5.11. The first kappa shape index (κ1) is 19.0. The van der Waals surface area contributed by atoms with E-state index in [4.69, 9.17) is 19.8 Å². The molecule has 0 spiro atoms. The van der Waals surface area contributed by atoms with Crippen LogP contribution in [0, 0.1) is 11.3 Å². The normalized spacial score (nSPS) is 11.0. The Labute approximate surface area is 182 Å². The van der Waals surface area contributed by atoms with E-state index in [-0.39, 0.29) is 0 Å². The van der Waals surface area contributed by atoms with Crippen molar-refractivity contribution in [1.82, 2.24) is 19.7 Å². The fraction of sp³-hybridized carbons (Fsp3) is 0.130. The second-order valence-electron chi connectivity index (χ2n) is 6.96. The predicted molar refractivity (Wildman–Crippen MR) is 119 cm³/mol. The van der Waals surface area contributed by atoms with E-state index >= 15 is 0 Å². The van der Waals surface area contributed by atoms with Crippen LogP contribution in [0.1, 0.15) is 10.4 Å². The maximum Gasteiger partial charge on any atom is 0.162 e. The molecule has 0 N–H and O–H groups in total. The van der Waals surface area contributed by atoms with Crippen LogP contribution in [0.2, 0.25) is 0 Å². The van der Waals surface area contributed by atoms with E-state index in [1.165, 1.54) is 0 Å². The van der Waals surface area contributed by atoms with Crippen molar-refractivity contribution in [2.45, 2.75) is 6.61 Å². The van der Waals surface area contributed by atoms with Gasteiger partial charge in [-0.2, -0.15) is 10.4 Å². The highest BCUT2D eigenvalue weighted by Crippen LogP contribution is 2.38. The monoisotopic (exact) mass is 427 g/mol. The lowest BCUT2D eigenvalue weighted by Crippen LogP contribution is -1.97.